The Bertz CT molecular complexity index is 577. The maximum absolute atomic E-state index is 11.5. The van der Waals surface area contributed by atoms with Gasteiger partial charge in [0.15, 0.2) is 11.1 Å². The lowest BCUT2D eigenvalue weighted by Crippen LogP contribution is -2.51. The van der Waals surface area contributed by atoms with E-state index >= 15 is 0 Å². The number of unbranched alkanes of at least 4 members (excludes halogenated alkanes) is 1. The quantitative estimate of drug-likeness (QED) is 0.443. The van der Waals surface area contributed by atoms with E-state index in [-0.39, 0.29) is 6.09 Å². The Morgan fingerprint density at radius 2 is 2.08 bits per heavy atom. The molecule has 0 spiro atoms. The third-order valence-corrected chi connectivity index (χ3v) is 4.65. The van der Waals surface area contributed by atoms with E-state index in [4.69, 9.17) is 10.5 Å². The largest absolute Gasteiger partial charge is 0.444 e. The molecule has 1 aromatic heterocycles. The van der Waals surface area contributed by atoms with Gasteiger partial charge in [-0.05, 0) is 33.6 Å². The Morgan fingerprint density at radius 1 is 1.35 bits per heavy atom. The van der Waals surface area contributed by atoms with Gasteiger partial charge in [-0.1, -0.05) is 0 Å². The highest BCUT2D eigenvalue weighted by Crippen LogP contribution is 2.18. The van der Waals surface area contributed by atoms with E-state index in [1.165, 1.54) is 0 Å². The lowest BCUT2D eigenvalue weighted by molar-refractivity contribution is 0.0527. The van der Waals surface area contributed by atoms with Crippen molar-refractivity contribution in [2.24, 2.45) is 10.7 Å². The first-order valence-corrected chi connectivity index (χ1v) is 9.89. The Balaban J connectivity index is 1.58. The molecule has 1 amide bonds. The number of carbonyl (C=O) groups excluding carboxylic acids is 1. The molecule has 0 unspecified atom stereocenters. The minimum Gasteiger partial charge on any atom is -0.444 e. The number of ether oxygens (including phenoxy) is 1. The van der Waals surface area contributed by atoms with Crippen molar-refractivity contribution >= 4 is 28.5 Å². The maximum atomic E-state index is 11.5. The van der Waals surface area contributed by atoms with Crippen LogP contribution in [0.1, 0.15) is 33.6 Å². The van der Waals surface area contributed by atoms with E-state index in [0.29, 0.717) is 19.0 Å². The number of hydrogen-bond donors (Lipinski definition) is 2. The van der Waals surface area contributed by atoms with Crippen molar-refractivity contribution in [1.82, 2.24) is 15.2 Å². The SMILES string of the molecule is CC(C)(C)OC(=O)NCCCCN=C(N)N1CCN(c2nccs2)CC1. The number of alkyl carbamates (subject to hydrolysis) is 1. The van der Waals surface area contributed by atoms with Gasteiger partial charge >= 0.3 is 6.09 Å². The first kappa shape index (κ1) is 20.3. The number of nitrogens with two attached hydrogens (primary N) is 1. The van der Waals surface area contributed by atoms with Crippen LogP contribution in [0.4, 0.5) is 9.93 Å². The summed E-state index contributed by atoms with van der Waals surface area (Å²) in [4.78, 5) is 24.7. The number of anilines is 1. The number of hydrogen-bond acceptors (Lipinski definition) is 6. The molecule has 0 aliphatic carbocycles. The van der Waals surface area contributed by atoms with Crippen LogP contribution in [-0.4, -0.2) is 66.8 Å². The fraction of sp³-hybridized carbons (Fsp3) is 0.706. The molecule has 3 N–H and O–H groups in total. The van der Waals surface area contributed by atoms with Crippen molar-refractivity contribution in [3.8, 4) is 0 Å². The van der Waals surface area contributed by atoms with Gasteiger partial charge in [0, 0.05) is 50.8 Å². The molecule has 1 aliphatic heterocycles. The van der Waals surface area contributed by atoms with Crippen LogP contribution in [0.3, 0.4) is 0 Å². The zero-order chi connectivity index (χ0) is 19.0. The third kappa shape index (κ3) is 7.07. The summed E-state index contributed by atoms with van der Waals surface area (Å²) in [5, 5.41) is 5.81. The number of aromatic nitrogens is 1. The Kier molecular flexibility index (Phi) is 7.50. The summed E-state index contributed by atoms with van der Waals surface area (Å²) in [7, 11) is 0. The summed E-state index contributed by atoms with van der Waals surface area (Å²) < 4.78 is 5.19. The van der Waals surface area contributed by atoms with E-state index in [0.717, 1.165) is 44.2 Å². The number of piperazine rings is 1. The van der Waals surface area contributed by atoms with Crippen molar-refractivity contribution in [3.05, 3.63) is 11.6 Å². The van der Waals surface area contributed by atoms with Gasteiger partial charge in [-0.25, -0.2) is 9.78 Å². The molecular weight excluding hydrogens is 352 g/mol. The van der Waals surface area contributed by atoms with Gasteiger partial charge in [0.2, 0.25) is 0 Å². The predicted octanol–water partition coefficient (Wildman–Crippen LogP) is 1.88. The average molecular weight is 383 g/mol. The number of carbonyl (C=O) groups is 1. The van der Waals surface area contributed by atoms with Crippen molar-refractivity contribution < 1.29 is 9.53 Å². The van der Waals surface area contributed by atoms with Gasteiger partial charge in [0.25, 0.3) is 0 Å². The Morgan fingerprint density at radius 3 is 2.69 bits per heavy atom. The molecule has 0 radical (unpaired) electrons. The summed E-state index contributed by atoms with van der Waals surface area (Å²) in [5.74, 6) is 0.601. The van der Waals surface area contributed by atoms with Crippen LogP contribution in [0.25, 0.3) is 0 Å². The number of thiazole rings is 1. The van der Waals surface area contributed by atoms with E-state index < -0.39 is 5.60 Å². The summed E-state index contributed by atoms with van der Waals surface area (Å²) >= 11 is 1.66. The number of guanidine groups is 1. The molecule has 146 valence electrons. The first-order valence-electron chi connectivity index (χ1n) is 9.01. The second-order valence-electron chi connectivity index (χ2n) is 7.16. The smallest absolute Gasteiger partial charge is 0.407 e. The molecule has 8 nitrogen and oxygen atoms in total. The monoisotopic (exact) mass is 382 g/mol. The number of rotatable bonds is 6. The summed E-state index contributed by atoms with van der Waals surface area (Å²) in [6.45, 7) is 10.3. The number of aliphatic imine (C=N–C) groups is 1. The minimum atomic E-state index is -0.466. The zero-order valence-electron chi connectivity index (χ0n) is 15.9. The van der Waals surface area contributed by atoms with Crippen LogP contribution in [-0.2, 0) is 4.74 Å². The average Bonchev–Trinajstić information content (AvgIpc) is 3.11. The van der Waals surface area contributed by atoms with Gasteiger partial charge in [-0.3, -0.25) is 4.99 Å². The van der Waals surface area contributed by atoms with E-state index in [1.54, 1.807) is 11.3 Å². The van der Waals surface area contributed by atoms with Crippen LogP contribution in [0, 0.1) is 0 Å². The van der Waals surface area contributed by atoms with Gasteiger partial charge in [0.05, 0.1) is 0 Å². The molecule has 2 heterocycles. The standard InChI is InChI=1S/C17H30N6O2S/c1-17(2,3)25-16(24)21-7-5-4-6-19-14(18)22-9-11-23(12-10-22)15-20-8-13-26-15/h8,13H,4-7,9-12H2,1-3H3,(H2,18,19)(H,21,24). The van der Waals surface area contributed by atoms with E-state index in [1.807, 2.05) is 32.3 Å². The predicted molar refractivity (Wildman–Crippen MR) is 106 cm³/mol. The molecular formula is C17H30N6O2S. The highest BCUT2D eigenvalue weighted by Gasteiger charge is 2.19. The summed E-state index contributed by atoms with van der Waals surface area (Å²) in [6, 6.07) is 0. The van der Waals surface area contributed by atoms with Gasteiger partial charge in [-0.15, -0.1) is 11.3 Å². The fourth-order valence-electron chi connectivity index (χ4n) is 2.53. The van der Waals surface area contributed by atoms with Gasteiger partial charge in [-0.2, -0.15) is 0 Å². The summed E-state index contributed by atoms with van der Waals surface area (Å²) in [5.41, 5.74) is 5.63. The van der Waals surface area contributed by atoms with Crippen molar-refractivity contribution in [2.45, 2.75) is 39.2 Å². The van der Waals surface area contributed by atoms with Crippen LogP contribution in [0.5, 0.6) is 0 Å². The zero-order valence-corrected chi connectivity index (χ0v) is 16.7. The van der Waals surface area contributed by atoms with Gasteiger partial charge < -0.3 is 25.6 Å². The molecule has 2 rings (SSSR count). The van der Waals surface area contributed by atoms with Crippen LogP contribution in [0.2, 0.25) is 0 Å². The van der Waals surface area contributed by atoms with Crippen LogP contribution < -0.4 is 16.0 Å². The van der Waals surface area contributed by atoms with Gasteiger partial charge in [0.1, 0.15) is 5.60 Å². The molecule has 9 heteroatoms. The summed E-state index contributed by atoms with van der Waals surface area (Å²) in [6.07, 6.45) is 3.17. The lowest BCUT2D eigenvalue weighted by Gasteiger charge is -2.35. The second-order valence-corrected chi connectivity index (χ2v) is 8.04. The van der Waals surface area contributed by atoms with E-state index in [9.17, 15) is 4.79 Å². The topological polar surface area (TPSA) is 96.1 Å². The first-order chi connectivity index (χ1) is 12.3. The molecule has 0 bridgehead atoms. The Hall–Kier alpha value is -2.03. The fourth-order valence-corrected chi connectivity index (χ4v) is 3.23. The Labute approximate surface area is 159 Å². The third-order valence-electron chi connectivity index (χ3n) is 3.82. The van der Waals surface area contributed by atoms with Crippen molar-refractivity contribution in [2.75, 3.05) is 44.2 Å². The molecule has 1 aliphatic rings. The van der Waals surface area contributed by atoms with Crippen molar-refractivity contribution in [3.63, 3.8) is 0 Å². The number of amides is 1. The highest BCUT2D eigenvalue weighted by atomic mass is 32.1. The molecule has 1 aromatic rings. The number of nitrogens with one attached hydrogen (secondary N) is 1. The number of nitrogens with zero attached hydrogens (tertiary/aromatic N) is 4. The molecule has 0 aromatic carbocycles. The normalized spacial score (nSPS) is 15.9. The molecule has 0 saturated carbocycles. The lowest BCUT2D eigenvalue weighted by atomic mass is 10.2. The van der Waals surface area contributed by atoms with Crippen LogP contribution in [0.15, 0.2) is 16.6 Å². The molecule has 1 saturated heterocycles. The second kappa shape index (κ2) is 9.61. The molecule has 1 fully saturated rings. The molecule has 26 heavy (non-hydrogen) atoms. The highest BCUT2D eigenvalue weighted by molar-refractivity contribution is 7.13. The van der Waals surface area contributed by atoms with Crippen LogP contribution >= 0.6 is 11.3 Å². The molecule has 0 atom stereocenters. The maximum Gasteiger partial charge on any atom is 0.407 e. The van der Waals surface area contributed by atoms with E-state index in [2.05, 4.69) is 25.1 Å². The minimum absolute atomic E-state index is 0.376. The van der Waals surface area contributed by atoms with Crippen molar-refractivity contribution in [1.29, 1.82) is 0 Å².